The molecule has 1 saturated heterocycles. The standard InChI is InChI=1S/C33H34N4O9/c38-24(18-45-33-30(42)28(40)29(41)31(46-33)32(43)44)36-21-13-5-4-12-20(21)26(37-23-15-7-9-17-35-23)25(22-14-6-8-16-34-22)27(39)19-10-2-1-3-11-19/h1-17,25-31,33,39-42H,18H2,(H,35,37)(H,36,38)(H,43,44). The summed E-state index contributed by atoms with van der Waals surface area (Å²) >= 11 is 0. The number of nitrogens with one attached hydrogen (secondary N) is 2. The number of hydrogen-bond acceptors (Lipinski definition) is 11. The lowest BCUT2D eigenvalue weighted by Crippen LogP contribution is -2.60. The van der Waals surface area contributed by atoms with Crippen LogP contribution in [-0.2, 0) is 19.1 Å². The molecule has 1 aliphatic rings. The highest BCUT2D eigenvalue weighted by atomic mass is 16.7. The highest BCUT2D eigenvalue weighted by Gasteiger charge is 2.47. The van der Waals surface area contributed by atoms with Gasteiger partial charge >= 0.3 is 5.97 Å². The Hall–Kier alpha value is -4.76. The van der Waals surface area contributed by atoms with E-state index in [1.807, 2.05) is 48.5 Å². The second kappa shape index (κ2) is 15.0. The van der Waals surface area contributed by atoms with E-state index in [2.05, 4.69) is 20.6 Å². The van der Waals surface area contributed by atoms with Crippen molar-refractivity contribution in [2.45, 2.75) is 48.8 Å². The maximum absolute atomic E-state index is 13.2. The van der Waals surface area contributed by atoms with Crippen molar-refractivity contribution in [3.63, 3.8) is 0 Å². The molecule has 0 bridgehead atoms. The average molecular weight is 631 g/mol. The molecule has 13 heteroatoms. The molecule has 0 saturated carbocycles. The third-order valence-corrected chi connectivity index (χ3v) is 7.60. The molecule has 2 aromatic carbocycles. The van der Waals surface area contributed by atoms with E-state index >= 15 is 0 Å². The van der Waals surface area contributed by atoms with Crippen LogP contribution < -0.4 is 10.6 Å². The second-order valence-corrected chi connectivity index (χ2v) is 10.7. The zero-order chi connectivity index (χ0) is 32.6. The molecular weight excluding hydrogens is 596 g/mol. The molecule has 5 rings (SSSR count). The summed E-state index contributed by atoms with van der Waals surface area (Å²) in [5.41, 5.74) is 2.16. The van der Waals surface area contributed by atoms with Crippen LogP contribution in [0.15, 0.2) is 103 Å². The number of anilines is 2. The number of carbonyl (C=O) groups is 2. The number of aliphatic carboxylic acids is 1. The minimum absolute atomic E-state index is 0.356. The van der Waals surface area contributed by atoms with Gasteiger partial charge in [0.2, 0.25) is 0 Å². The number of aliphatic hydroxyl groups is 4. The largest absolute Gasteiger partial charge is 0.479 e. The molecule has 1 amide bonds. The smallest absolute Gasteiger partial charge is 0.335 e. The van der Waals surface area contributed by atoms with E-state index in [1.54, 1.807) is 54.9 Å². The first-order valence-corrected chi connectivity index (χ1v) is 14.5. The van der Waals surface area contributed by atoms with Gasteiger partial charge in [-0.3, -0.25) is 9.78 Å². The molecular formula is C33H34N4O9. The first kappa shape index (κ1) is 32.6. The predicted molar refractivity (Wildman–Crippen MR) is 164 cm³/mol. The van der Waals surface area contributed by atoms with Gasteiger partial charge in [-0.05, 0) is 41.5 Å². The number of pyridine rings is 2. The lowest BCUT2D eigenvalue weighted by atomic mass is 9.82. The normalized spacial score (nSPS) is 23.1. The summed E-state index contributed by atoms with van der Waals surface area (Å²) in [5, 5.41) is 57.6. The SMILES string of the molecule is O=C(COC1OC(C(=O)O)C(O)C(O)C1O)Nc1ccccc1C(Nc1ccccn1)C(c1ccccn1)C(O)c1ccccc1. The van der Waals surface area contributed by atoms with Crippen molar-refractivity contribution in [2.75, 3.05) is 17.2 Å². The van der Waals surface area contributed by atoms with Gasteiger partial charge in [-0.15, -0.1) is 0 Å². The van der Waals surface area contributed by atoms with Crippen molar-refractivity contribution >= 4 is 23.4 Å². The molecule has 0 spiro atoms. The van der Waals surface area contributed by atoms with Gasteiger partial charge in [0, 0.05) is 23.8 Å². The molecule has 0 aliphatic carbocycles. The summed E-state index contributed by atoms with van der Waals surface area (Å²) in [5.74, 6) is -2.44. The molecule has 8 atom stereocenters. The minimum Gasteiger partial charge on any atom is -0.479 e. The highest BCUT2D eigenvalue weighted by molar-refractivity contribution is 5.92. The molecule has 240 valence electrons. The topological polar surface area (TPSA) is 204 Å². The zero-order valence-electron chi connectivity index (χ0n) is 24.4. The number of hydrogen-bond donors (Lipinski definition) is 7. The Balaban J connectivity index is 1.45. The number of nitrogens with zero attached hydrogens (tertiary/aromatic N) is 2. The van der Waals surface area contributed by atoms with Gasteiger partial charge in [-0.1, -0.05) is 60.7 Å². The van der Waals surface area contributed by atoms with E-state index in [0.717, 1.165) is 0 Å². The first-order chi connectivity index (χ1) is 22.2. The van der Waals surface area contributed by atoms with Crippen LogP contribution in [0.2, 0.25) is 0 Å². The molecule has 4 aromatic rings. The first-order valence-electron chi connectivity index (χ1n) is 14.5. The zero-order valence-corrected chi connectivity index (χ0v) is 24.4. The van der Waals surface area contributed by atoms with Gasteiger partial charge < -0.3 is 45.6 Å². The van der Waals surface area contributed by atoms with E-state index in [1.165, 1.54) is 0 Å². The lowest BCUT2D eigenvalue weighted by molar-refractivity contribution is -0.292. The number of aliphatic hydroxyl groups excluding tert-OH is 4. The van der Waals surface area contributed by atoms with Crippen molar-refractivity contribution in [1.29, 1.82) is 0 Å². The number of benzene rings is 2. The molecule has 13 nitrogen and oxygen atoms in total. The molecule has 0 radical (unpaired) electrons. The molecule has 46 heavy (non-hydrogen) atoms. The third kappa shape index (κ3) is 7.54. The van der Waals surface area contributed by atoms with Crippen LogP contribution in [0.3, 0.4) is 0 Å². The monoisotopic (exact) mass is 630 g/mol. The number of ether oxygens (including phenoxy) is 2. The van der Waals surface area contributed by atoms with Crippen LogP contribution in [-0.4, -0.2) is 84.7 Å². The molecule has 1 aliphatic heterocycles. The second-order valence-electron chi connectivity index (χ2n) is 10.7. The van der Waals surface area contributed by atoms with Gasteiger partial charge in [0.25, 0.3) is 5.91 Å². The number of rotatable bonds is 12. The number of carboxylic acid groups (broad SMARTS) is 1. The number of amides is 1. The number of para-hydroxylation sites is 1. The Labute approximate surface area is 264 Å². The van der Waals surface area contributed by atoms with Crippen molar-refractivity contribution in [1.82, 2.24) is 9.97 Å². The molecule has 7 N–H and O–H groups in total. The maximum atomic E-state index is 13.2. The fourth-order valence-corrected chi connectivity index (χ4v) is 5.33. The van der Waals surface area contributed by atoms with Crippen LogP contribution in [0, 0.1) is 0 Å². The Bertz CT molecular complexity index is 1580. The summed E-state index contributed by atoms with van der Waals surface area (Å²) < 4.78 is 10.5. The Kier molecular flexibility index (Phi) is 10.6. The summed E-state index contributed by atoms with van der Waals surface area (Å²) in [6.07, 6.45) is -6.93. The van der Waals surface area contributed by atoms with E-state index in [0.29, 0.717) is 28.3 Å². The van der Waals surface area contributed by atoms with Crippen LogP contribution in [0.4, 0.5) is 11.5 Å². The van der Waals surface area contributed by atoms with Crippen LogP contribution >= 0.6 is 0 Å². The predicted octanol–water partition coefficient (Wildman–Crippen LogP) is 1.99. The average Bonchev–Trinajstić information content (AvgIpc) is 3.08. The Morgan fingerprint density at radius 2 is 1.50 bits per heavy atom. The molecule has 2 aromatic heterocycles. The third-order valence-electron chi connectivity index (χ3n) is 7.60. The van der Waals surface area contributed by atoms with Gasteiger partial charge in [0.1, 0.15) is 30.7 Å². The van der Waals surface area contributed by atoms with Gasteiger partial charge in [-0.2, -0.15) is 0 Å². The quantitative estimate of drug-likeness (QED) is 0.120. The Morgan fingerprint density at radius 3 is 2.17 bits per heavy atom. The van der Waals surface area contributed by atoms with Crippen LogP contribution in [0.25, 0.3) is 0 Å². The van der Waals surface area contributed by atoms with E-state index in [9.17, 15) is 35.1 Å². The van der Waals surface area contributed by atoms with Crippen molar-refractivity contribution in [3.05, 3.63) is 120 Å². The van der Waals surface area contributed by atoms with E-state index in [4.69, 9.17) is 9.47 Å². The number of carbonyl (C=O) groups excluding carboxylic acids is 1. The van der Waals surface area contributed by atoms with Gasteiger partial charge in [0.05, 0.1) is 18.1 Å². The molecule has 8 unspecified atom stereocenters. The Morgan fingerprint density at radius 1 is 0.826 bits per heavy atom. The van der Waals surface area contributed by atoms with E-state index < -0.39 is 67.3 Å². The van der Waals surface area contributed by atoms with Gasteiger partial charge in [0.15, 0.2) is 12.4 Å². The van der Waals surface area contributed by atoms with Crippen molar-refractivity contribution < 1.29 is 44.6 Å². The van der Waals surface area contributed by atoms with Gasteiger partial charge in [-0.25, -0.2) is 9.78 Å². The van der Waals surface area contributed by atoms with Crippen molar-refractivity contribution in [3.8, 4) is 0 Å². The summed E-state index contributed by atoms with van der Waals surface area (Å²) in [7, 11) is 0. The van der Waals surface area contributed by atoms with Crippen LogP contribution in [0.5, 0.6) is 0 Å². The molecule has 1 fully saturated rings. The van der Waals surface area contributed by atoms with Crippen molar-refractivity contribution in [2.24, 2.45) is 0 Å². The van der Waals surface area contributed by atoms with Crippen LogP contribution in [0.1, 0.15) is 34.9 Å². The number of aromatic nitrogens is 2. The number of carboxylic acids is 1. The summed E-state index contributed by atoms with van der Waals surface area (Å²) in [4.78, 5) is 33.6. The summed E-state index contributed by atoms with van der Waals surface area (Å²) in [6, 6.07) is 26.1. The lowest BCUT2D eigenvalue weighted by Gasteiger charge is -2.38. The fourth-order valence-electron chi connectivity index (χ4n) is 5.33. The highest BCUT2D eigenvalue weighted by Crippen LogP contribution is 2.43. The molecule has 3 heterocycles. The maximum Gasteiger partial charge on any atom is 0.335 e. The minimum atomic E-state index is -1.89. The van der Waals surface area contributed by atoms with E-state index in [-0.39, 0.29) is 0 Å². The summed E-state index contributed by atoms with van der Waals surface area (Å²) in [6.45, 7) is -0.695. The fraction of sp³-hybridized carbons (Fsp3) is 0.273.